The largest absolute Gasteiger partial charge is 0.492 e. The number of nitrogens with zero attached hydrogens (tertiary/aromatic N) is 1. The van der Waals surface area contributed by atoms with Gasteiger partial charge >= 0.3 is 0 Å². The molecule has 6 heteroatoms. The van der Waals surface area contributed by atoms with Crippen LogP contribution in [0.3, 0.4) is 0 Å². The van der Waals surface area contributed by atoms with Crippen LogP contribution in [0.1, 0.15) is 11.1 Å². The molecule has 0 bridgehead atoms. The van der Waals surface area contributed by atoms with E-state index < -0.39 is 0 Å². The van der Waals surface area contributed by atoms with Crippen molar-refractivity contribution in [3.05, 3.63) is 53.6 Å². The Morgan fingerprint density at radius 1 is 1.09 bits per heavy atom. The Morgan fingerprint density at radius 3 is 2.65 bits per heavy atom. The second kappa shape index (κ2) is 8.28. The topological polar surface area (TPSA) is 63.5 Å². The average molecular weight is 333 g/mol. The first kappa shape index (κ1) is 16.9. The van der Waals surface area contributed by atoms with Crippen molar-refractivity contribution in [2.24, 2.45) is 0 Å². The predicted molar refractivity (Wildman–Crippen MR) is 88.2 cm³/mol. The second-order valence-electron chi connectivity index (χ2n) is 4.85. The average Bonchev–Trinajstić information content (AvgIpc) is 3.03. The summed E-state index contributed by atoms with van der Waals surface area (Å²) in [6, 6.07) is 15.2. The van der Waals surface area contributed by atoms with Crippen molar-refractivity contribution in [1.82, 2.24) is 5.32 Å². The normalized spacial score (nSPS) is 11.4. The van der Waals surface area contributed by atoms with Crippen LogP contribution in [0, 0.1) is 11.3 Å². The minimum absolute atomic E-state index is 0. The monoisotopic (exact) mass is 332 g/mol. The van der Waals surface area contributed by atoms with E-state index in [9.17, 15) is 0 Å². The van der Waals surface area contributed by atoms with Gasteiger partial charge in [0.1, 0.15) is 12.4 Å². The third kappa shape index (κ3) is 4.52. The number of benzene rings is 2. The molecule has 3 rings (SSSR count). The maximum absolute atomic E-state index is 8.74. The Balaban J connectivity index is 0.00000192. The maximum atomic E-state index is 8.74. The summed E-state index contributed by atoms with van der Waals surface area (Å²) in [7, 11) is 0. The van der Waals surface area contributed by atoms with Gasteiger partial charge in [-0.1, -0.05) is 12.1 Å². The second-order valence-corrected chi connectivity index (χ2v) is 4.85. The number of nitrogens with one attached hydrogen (secondary N) is 1. The number of halogens is 1. The van der Waals surface area contributed by atoms with Gasteiger partial charge < -0.3 is 19.5 Å². The van der Waals surface area contributed by atoms with Crippen LogP contribution in [0.4, 0.5) is 0 Å². The summed E-state index contributed by atoms with van der Waals surface area (Å²) >= 11 is 0. The lowest BCUT2D eigenvalue weighted by molar-refractivity contribution is 0.173. The molecule has 1 aliphatic rings. The van der Waals surface area contributed by atoms with Crippen LogP contribution in [-0.4, -0.2) is 19.9 Å². The molecular formula is C17H17ClN2O3. The summed E-state index contributed by atoms with van der Waals surface area (Å²) in [5.74, 6) is 2.25. The third-order valence-corrected chi connectivity index (χ3v) is 3.30. The molecule has 1 heterocycles. The molecular weight excluding hydrogens is 316 g/mol. The first-order valence-electron chi connectivity index (χ1n) is 7.07. The minimum atomic E-state index is 0. The number of hydrogen-bond acceptors (Lipinski definition) is 5. The molecule has 0 amide bonds. The lowest BCUT2D eigenvalue weighted by Crippen LogP contribution is -2.20. The van der Waals surface area contributed by atoms with Crippen molar-refractivity contribution in [2.45, 2.75) is 6.54 Å². The molecule has 0 atom stereocenters. The van der Waals surface area contributed by atoms with Crippen LogP contribution in [0.5, 0.6) is 17.2 Å². The molecule has 0 fully saturated rings. The Kier molecular flexibility index (Phi) is 6.10. The van der Waals surface area contributed by atoms with Gasteiger partial charge in [0.2, 0.25) is 6.79 Å². The Labute approximate surface area is 141 Å². The molecule has 0 saturated carbocycles. The zero-order valence-electron chi connectivity index (χ0n) is 12.5. The minimum Gasteiger partial charge on any atom is -0.492 e. The van der Waals surface area contributed by atoms with Crippen LogP contribution in [-0.2, 0) is 6.54 Å². The van der Waals surface area contributed by atoms with E-state index in [2.05, 4.69) is 11.4 Å². The highest BCUT2D eigenvalue weighted by Gasteiger charge is 2.13. The maximum Gasteiger partial charge on any atom is 0.231 e. The van der Waals surface area contributed by atoms with Crippen molar-refractivity contribution in [2.75, 3.05) is 19.9 Å². The number of nitriles is 1. The van der Waals surface area contributed by atoms with Gasteiger partial charge in [0, 0.05) is 19.2 Å². The molecule has 0 aromatic heterocycles. The van der Waals surface area contributed by atoms with E-state index in [0.717, 1.165) is 35.9 Å². The fourth-order valence-corrected chi connectivity index (χ4v) is 2.14. The van der Waals surface area contributed by atoms with Crippen LogP contribution < -0.4 is 19.5 Å². The molecule has 0 aliphatic carbocycles. The zero-order valence-corrected chi connectivity index (χ0v) is 13.3. The molecule has 0 radical (unpaired) electrons. The third-order valence-electron chi connectivity index (χ3n) is 3.30. The molecule has 1 N–H and O–H groups in total. The fourth-order valence-electron chi connectivity index (χ4n) is 2.14. The molecule has 120 valence electrons. The molecule has 2 aromatic carbocycles. The smallest absolute Gasteiger partial charge is 0.231 e. The molecule has 1 aliphatic heterocycles. The lowest BCUT2D eigenvalue weighted by atomic mass is 10.1. The van der Waals surface area contributed by atoms with Gasteiger partial charge in [-0.15, -0.1) is 12.4 Å². The van der Waals surface area contributed by atoms with Crippen molar-refractivity contribution < 1.29 is 14.2 Å². The van der Waals surface area contributed by atoms with Crippen LogP contribution in [0.15, 0.2) is 42.5 Å². The predicted octanol–water partition coefficient (Wildman–Crippen LogP) is 2.88. The number of fused-ring (bicyclic) bond motifs is 1. The van der Waals surface area contributed by atoms with Crippen molar-refractivity contribution in [3.8, 4) is 23.3 Å². The molecule has 2 aromatic rings. The molecule has 0 spiro atoms. The van der Waals surface area contributed by atoms with Crippen LogP contribution >= 0.6 is 12.4 Å². The number of hydrogen-bond donors (Lipinski definition) is 1. The van der Waals surface area contributed by atoms with E-state index in [1.807, 2.05) is 42.5 Å². The quantitative estimate of drug-likeness (QED) is 0.824. The first-order valence-corrected chi connectivity index (χ1v) is 7.07. The van der Waals surface area contributed by atoms with Gasteiger partial charge in [0.25, 0.3) is 0 Å². The Hall–Kier alpha value is -2.42. The summed E-state index contributed by atoms with van der Waals surface area (Å²) in [5, 5.41) is 12.0. The van der Waals surface area contributed by atoms with E-state index in [-0.39, 0.29) is 19.2 Å². The number of ether oxygens (including phenoxy) is 3. The highest BCUT2D eigenvalue weighted by atomic mass is 35.5. The number of rotatable bonds is 6. The summed E-state index contributed by atoms with van der Waals surface area (Å²) in [6.45, 7) is 2.31. The summed E-state index contributed by atoms with van der Waals surface area (Å²) in [5.41, 5.74) is 1.82. The molecule has 23 heavy (non-hydrogen) atoms. The van der Waals surface area contributed by atoms with E-state index in [0.29, 0.717) is 12.2 Å². The fraction of sp³-hybridized carbons (Fsp3) is 0.235. The van der Waals surface area contributed by atoms with Gasteiger partial charge in [-0.05, 0) is 29.8 Å². The summed E-state index contributed by atoms with van der Waals surface area (Å²) < 4.78 is 16.2. The summed E-state index contributed by atoms with van der Waals surface area (Å²) in [4.78, 5) is 0. The Bertz CT molecular complexity index is 683. The van der Waals surface area contributed by atoms with Crippen molar-refractivity contribution in [1.29, 1.82) is 5.26 Å². The first-order chi connectivity index (χ1) is 10.8. The van der Waals surface area contributed by atoms with Gasteiger partial charge in [-0.25, -0.2) is 0 Å². The van der Waals surface area contributed by atoms with Crippen LogP contribution in [0.25, 0.3) is 0 Å². The van der Waals surface area contributed by atoms with Gasteiger partial charge in [-0.2, -0.15) is 5.26 Å². The highest BCUT2D eigenvalue weighted by molar-refractivity contribution is 5.85. The van der Waals surface area contributed by atoms with Gasteiger partial charge in [0.15, 0.2) is 11.5 Å². The lowest BCUT2D eigenvalue weighted by Gasteiger charge is -2.08. The SMILES string of the molecule is Cl.N#Cc1ccc(CNCCOc2ccc3c(c2)OCO3)cc1. The summed E-state index contributed by atoms with van der Waals surface area (Å²) in [6.07, 6.45) is 0. The van der Waals surface area contributed by atoms with Gasteiger partial charge in [-0.3, -0.25) is 0 Å². The van der Waals surface area contributed by atoms with Crippen molar-refractivity contribution >= 4 is 12.4 Å². The molecule has 0 unspecified atom stereocenters. The van der Waals surface area contributed by atoms with E-state index in [1.165, 1.54) is 0 Å². The molecule has 0 saturated heterocycles. The standard InChI is InChI=1S/C17H16N2O3.ClH/c18-10-13-1-3-14(4-2-13)11-19-7-8-20-15-5-6-16-17(9-15)22-12-21-16;/h1-6,9,19H,7-8,11-12H2;1H. The zero-order chi connectivity index (χ0) is 15.2. The highest BCUT2D eigenvalue weighted by Crippen LogP contribution is 2.34. The van der Waals surface area contributed by atoms with Crippen LogP contribution in [0.2, 0.25) is 0 Å². The molecule has 5 nitrogen and oxygen atoms in total. The van der Waals surface area contributed by atoms with E-state index >= 15 is 0 Å². The van der Waals surface area contributed by atoms with Crippen molar-refractivity contribution in [3.63, 3.8) is 0 Å². The van der Waals surface area contributed by atoms with E-state index in [1.54, 1.807) is 0 Å². The Morgan fingerprint density at radius 2 is 1.87 bits per heavy atom. The van der Waals surface area contributed by atoms with Gasteiger partial charge in [0.05, 0.1) is 11.6 Å². The van der Waals surface area contributed by atoms with E-state index in [4.69, 9.17) is 19.5 Å².